The van der Waals surface area contributed by atoms with Gasteiger partial charge in [0.2, 0.25) is 0 Å². The molecule has 1 atom stereocenters. The number of halogens is 1. The summed E-state index contributed by atoms with van der Waals surface area (Å²) in [6.07, 6.45) is 1.78. The van der Waals surface area contributed by atoms with Gasteiger partial charge in [-0.05, 0) is 26.0 Å². The maximum Gasteiger partial charge on any atom is 0.322 e. The van der Waals surface area contributed by atoms with Gasteiger partial charge >= 0.3 is 6.03 Å². The second kappa shape index (κ2) is 6.51. The Labute approximate surface area is 140 Å². The van der Waals surface area contributed by atoms with Crippen LogP contribution in [0.4, 0.5) is 20.6 Å². The van der Waals surface area contributed by atoms with Gasteiger partial charge in [0.1, 0.15) is 5.82 Å². The largest absolute Gasteiger partial charge is 0.363 e. The first-order valence-electron chi connectivity index (χ1n) is 8.03. The van der Waals surface area contributed by atoms with Crippen LogP contribution in [-0.2, 0) is 7.05 Å². The Morgan fingerprint density at radius 2 is 2.08 bits per heavy atom. The number of amides is 2. The monoisotopic (exact) mass is 331 g/mol. The van der Waals surface area contributed by atoms with Crippen LogP contribution in [0.1, 0.15) is 12.6 Å². The quantitative estimate of drug-likeness (QED) is 0.920. The number of aromatic nitrogens is 2. The van der Waals surface area contributed by atoms with Crippen LogP contribution in [0.25, 0.3) is 0 Å². The van der Waals surface area contributed by atoms with Crippen molar-refractivity contribution in [3.8, 4) is 0 Å². The fourth-order valence-corrected chi connectivity index (χ4v) is 3.10. The third-order valence-electron chi connectivity index (χ3n) is 4.33. The number of aryl methyl sites for hydroxylation is 2. The van der Waals surface area contributed by atoms with Gasteiger partial charge in [-0.15, -0.1) is 0 Å². The molecule has 2 amide bonds. The van der Waals surface area contributed by atoms with E-state index in [1.54, 1.807) is 27.9 Å². The van der Waals surface area contributed by atoms with E-state index >= 15 is 0 Å². The Morgan fingerprint density at radius 3 is 2.71 bits per heavy atom. The molecule has 0 bridgehead atoms. The van der Waals surface area contributed by atoms with Gasteiger partial charge in [0.05, 0.1) is 17.1 Å². The van der Waals surface area contributed by atoms with Crippen molar-refractivity contribution in [1.29, 1.82) is 0 Å². The molecule has 0 radical (unpaired) electrons. The third kappa shape index (κ3) is 3.20. The summed E-state index contributed by atoms with van der Waals surface area (Å²) < 4.78 is 15.7. The van der Waals surface area contributed by atoms with Gasteiger partial charge in [-0.3, -0.25) is 4.68 Å². The van der Waals surface area contributed by atoms with Crippen LogP contribution in [0.2, 0.25) is 0 Å². The van der Waals surface area contributed by atoms with Crippen molar-refractivity contribution in [3.05, 3.63) is 42.0 Å². The number of para-hydroxylation sites is 1. The minimum atomic E-state index is -0.228. The van der Waals surface area contributed by atoms with Crippen molar-refractivity contribution in [2.45, 2.75) is 19.9 Å². The number of benzene rings is 1. The topological polar surface area (TPSA) is 53.4 Å². The predicted octanol–water partition coefficient (Wildman–Crippen LogP) is 2.61. The van der Waals surface area contributed by atoms with E-state index in [9.17, 15) is 9.18 Å². The average molecular weight is 331 g/mol. The van der Waals surface area contributed by atoms with Crippen LogP contribution in [0.3, 0.4) is 0 Å². The molecule has 0 aliphatic carbocycles. The first kappa shape index (κ1) is 16.3. The molecular weight excluding hydrogens is 309 g/mol. The van der Waals surface area contributed by atoms with Gasteiger partial charge in [-0.2, -0.15) is 5.10 Å². The van der Waals surface area contributed by atoms with Crippen molar-refractivity contribution in [2.24, 2.45) is 7.05 Å². The predicted molar refractivity (Wildman–Crippen MR) is 91.7 cm³/mol. The Kier molecular flexibility index (Phi) is 4.42. The Morgan fingerprint density at radius 1 is 1.33 bits per heavy atom. The van der Waals surface area contributed by atoms with E-state index in [0.717, 1.165) is 5.69 Å². The standard InChI is InChI=1S/C17H22FN5O/c1-12-10-22(17(24)19-15-11-21(3)20-13(15)2)8-9-23(12)16-7-5-4-6-14(16)18/h4-7,11-12H,8-10H2,1-3H3,(H,19,24)/t12-/m1/s1. The van der Waals surface area contributed by atoms with Gasteiger partial charge in [0.25, 0.3) is 0 Å². The Bertz CT molecular complexity index is 744. The number of nitrogens with zero attached hydrogens (tertiary/aromatic N) is 4. The summed E-state index contributed by atoms with van der Waals surface area (Å²) in [4.78, 5) is 16.2. The van der Waals surface area contributed by atoms with Gasteiger partial charge < -0.3 is 15.1 Å². The molecule has 6 nitrogen and oxygen atoms in total. The summed E-state index contributed by atoms with van der Waals surface area (Å²) in [5.74, 6) is -0.228. The van der Waals surface area contributed by atoms with Crippen LogP contribution in [0, 0.1) is 12.7 Å². The summed E-state index contributed by atoms with van der Waals surface area (Å²) in [6, 6.07) is 6.65. The second-order valence-corrected chi connectivity index (χ2v) is 6.17. The zero-order valence-corrected chi connectivity index (χ0v) is 14.2. The number of carbonyl (C=O) groups is 1. The molecule has 1 N–H and O–H groups in total. The van der Waals surface area contributed by atoms with Crippen LogP contribution in [0.15, 0.2) is 30.5 Å². The maximum absolute atomic E-state index is 14.0. The normalized spacial score (nSPS) is 17.9. The van der Waals surface area contributed by atoms with Gasteiger partial charge in [-0.1, -0.05) is 12.1 Å². The molecular formula is C17H22FN5O. The summed E-state index contributed by atoms with van der Waals surface area (Å²) >= 11 is 0. The Hall–Kier alpha value is -2.57. The van der Waals surface area contributed by atoms with E-state index in [-0.39, 0.29) is 17.9 Å². The lowest BCUT2D eigenvalue weighted by Gasteiger charge is -2.41. The highest BCUT2D eigenvalue weighted by atomic mass is 19.1. The van der Waals surface area contributed by atoms with Crippen LogP contribution in [-0.4, -0.2) is 46.4 Å². The van der Waals surface area contributed by atoms with E-state index in [2.05, 4.69) is 10.4 Å². The van der Waals surface area contributed by atoms with Gasteiger partial charge in [0, 0.05) is 38.9 Å². The van der Waals surface area contributed by atoms with Crippen molar-refractivity contribution in [3.63, 3.8) is 0 Å². The molecule has 7 heteroatoms. The molecule has 2 heterocycles. The lowest BCUT2D eigenvalue weighted by Crippen LogP contribution is -2.55. The minimum absolute atomic E-state index is 0.0383. The zero-order valence-electron chi connectivity index (χ0n) is 14.2. The summed E-state index contributed by atoms with van der Waals surface area (Å²) in [7, 11) is 1.82. The smallest absolute Gasteiger partial charge is 0.322 e. The molecule has 1 fully saturated rings. The lowest BCUT2D eigenvalue weighted by molar-refractivity contribution is 0.200. The molecule has 24 heavy (non-hydrogen) atoms. The van der Waals surface area contributed by atoms with E-state index < -0.39 is 0 Å². The molecule has 0 saturated carbocycles. The van der Waals surface area contributed by atoms with Crippen LogP contribution < -0.4 is 10.2 Å². The highest BCUT2D eigenvalue weighted by Gasteiger charge is 2.28. The molecule has 128 valence electrons. The molecule has 1 aromatic carbocycles. The fourth-order valence-electron chi connectivity index (χ4n) is 3.10. The second-order valence-electron chi connectivity index (χ2n) is 6.17. The number of hydrogen-bond acceptors (Lipinski definition) is 3. The highest BCUT2D eigenvalue weighted by molar-refractivity contribution is 5.90. The maximum atomic E-state index is 14.0. The zero-order chi connectivity index (χ0) is 17.3. The Balaban J connectivity index is 1.66. The molecule has 0 unspecified atom stereocenters. The van der Waals surface area contributed by atoms with Crippen molar-refractivity contribution >= 4 is 17.4 Å². The fraction of sp³-hybridized carbons (Fsp3) is 0.412. The number of urea groups is 1. The number of anilines is 2. The molecule has 0 spiro atoms. The van der Waals surface area contributed by atoms with Crippen molar-refractivity contribution in [2.75, 3.05) is 29.9 Å². The van der Waals surface area contributed by atoms with E-state index in [0.29, 0.717) is 31.0 Å². The molecule has 1 saturated heterocycles. The first-order chi connectivity index (χ1) is 11.5. The number of hydrogen-bond donors (Lipinski definition) is 1. The van der Waals surface area contributed by atoms with Gasteiger partial charge in [0.15, 0.2) is 0 Å². The first-order valence-corrected chi connectivity index (χ1v) is 8.03. The summed E-state index contributed by atoms with van der Waals surface area (Å²) in [6.45, 7) is 5.54. The minimum Gasteiger partial charge on any atom is -0.363 e. The summed E-state index contributed by atoms with van der Waals surface area (Å²) in [5.41, 5.74) is 2.09. The molecule has 2 aromatic rings. The van der Waals surface area contributed by atoms with Gasteiger partial charge in [-0.25, -0.2) is 9.18 Å². The van der Waals surface area contributed by atoms with E-state index in [1.165, 1.54) is 6.07 Å². The highest BCUT2D eigenvalue weighted by Crippen LogP contribution is 2.24. The van der Waals surface area contributed by atoms with Crippen molar-refractivity contribution in [1.82, 2.24) is 14.7 Å². The lowest BCUT2D eigenvalue weighted by atomic mass is 10.1. The third-order valence-corrected chi connectivity index (χ3v) is 4.33. The summed E-state index contributed by atoms with van der Waals surface area (Å²) in [5, 5.41) is 7.12. The molecule has 1 aromatic heterocycles. The number of piperazine rings is 1. The molecule has 1 aliphatic heterocycles. The van der Waals surface area contributed by atoms with E-state index in [1.807, 2.05) is 31.9 Å². The number of nitrogens with one attached hydrogen (secondary N) is 1. The van der Waals surface area contributed by atoms with Crippen LogP contribution in [0.5, 0.6) is 0 Å². The van der Waals surface area contributed by atoms with Crippen molar-refractivity contribution < 1.29 is 9.18 Å². The van der Waals surface area contributed by atoms with E-state index in [4.69, 9.17) is 0 Å². The number of rotatable bonds is 2. The molecule has 1 aliphatic rings. The molecule has 3 rings (SSSR count). The average Bonchev–Trinajstić information content (AvgIpc) is 2.85. The van der Waals surface area contributed by atoms with Crippen LogP contribution >= 0.6 is 0 Å². The SMILES string of the molecule is Cc1nn(C)cc1NC(=O)N1CCN(c2ccccc2F)[C@H](C)C1. The number of carbonyl (C=O) groups excluding carboxylic acids is 1.